The number of carbonyl (C=O) groups is 1. The van der Waals surface area contributed by atoms with Crippen LogP contribution in [0.4, 0.5) is 27.6 Å². The molecule has 2 aromatic carbocycles. The standard InChI is InChI=1S/C20H14F5N3O2/c21-12-4-3-11(15(22)8-12)10-28-16-6-5-13(9-14(16)19(26)29)30-17-2-1-7-27-18(17)20(23,24)25/h1-9,28H,10H2,(H2,26,29). The maximum absolute atomic E-state index is 13.8. The van der Waals surface area contributed by atoms with E-state index in [1.54, 1.807) is 0 Å². The van der Waals surface area contributed by atoms with Crippen molar-refractivity contribution >= 4 is 11.6 Å². The van der Waals surface area contributed by atoms with Gasteiger partial charge in [0.1, 0.15) is 17.4 Å². The Morgan fingerprint density at radius 2 is 1.87 bits per heavy atom. The number of primary amides is 1. The smallest absolute Gasteiger partial charge is 0.437 e. The average Bonchev–Trinajstić information content (AvgIpc) is 2.67. The molecule has 0 saturated heterocycles. The lowest BCUT2D eigenvalue weighted by Gasteiger charge is -2.15. The molecule has 1 amide bonds. The highest BCUT2D eigenvalue weighted by molar-refractivity contribution is 5.99. The Hall–Kier alpha value is -3.69. The number of alkyl halides is 3. The number of nitrogens with zero attached hydrogens (tertiary/aromatic N) is 1. The molecule has 0 fully saturated rings. The van der Waals surface area contributed by atoms with Gasteiger partial charge in [0.25, 0.3) is 5.91 Å². The summed E-state index contributed by atoms with van der Waals surface area (Å²) in [5.41, 5.74) is 4.36. The molecule has 0 saturated carbocycles. The van der Waals surface area contributed by atoms with Crippen molar-refractivity contribution in [3.63, 3.8) is 0 Å². The van der Waals surface area contributed by atoms with Crippen LogP contribution >= 0.6 is 0 Å². The first-order chi connectivity index (χ1) is 14.1. The maximum Gasteiger partial charge on any atom is 0.437 e. The third kappa shape index (κ3) is 4.83. The fraction of sp³-hybridized carbons (Fsp3) is 0.100. The van der Waals surface area contributed by atoms with E-state index < -0.39 is 35.2 Å². The molecular formula is C20H14F5N3O2. The number of aromatic nitrogens is 1. The molecule has 1 heterocycles. The molecule has 30 heavy (non-hydrogen) atoms. The lowest BCUT2D eigenvalue weighted by atomic mass is 10.1. The van der Waals surface area contributed by atoms with E-state index in [1.165, 1.54) is 24.3 Å². The number of anilines is 1. The van der Waals surface area contributed by atoms with Crippen LogP contribution in [0.1, 0.15) is 21.6 Å². The molecule has 0 atom stereocenters. The van der Waals surface area contributed by atoms with Crippen LogP contribution in [0.25, 0.3) is 0 Å². The maximum atomic E-state index is 13.8. The Kier molecular flexibility index (Phi) is 5.86. The Morgan fingerprint density at radius 1 is 1.10 bits per heavy atom. The van der Waals surface area contributed by atoms with E-state index in [4.69, 9.17) is 10.5 Å². The van der Waals surface area contributed by atoms with Gasteiger partial charge < -0.3 is 15.8 Å². The van der Waals surface area contributed by atoms with E-state index in [0.717, 1.165) is 30.5 Å². The van der Waals surface area contributed by atoms with Crippen molar-refractivity contribution in [2.75, 3.05) is 5.32 Å². The first kappa shape index (κ1) is 21.0. The largest absolute Gasteiger partial charge is 0.455 e. The minimum absolute atomic E-state index is 0.0826. The normalized spacial score (nSPS) is 11.2. The summed E-state index contributed by atoms with van der Waals surface area (Å²) in [4.78, 5) is 15.1. The van der Waals surface area contributed by atoms with Crippen LogP contribution in [0.3, 0.4) is 0 Å². The van der Waals surface area contributed by atoms with Crippen LogP contribution in [0, 0.1) is 11.6 Å². The summed E-state index contributed by atoms with van der Waals surface area (Å²) in [5.74, 6) is -3.02. The van der Waals surface area contributed by atoms with Gasteiger partial charge in [0.15, 0.2) is 11.4 Å². The highest BCUT2D eigenvalue weighted by Gasteiger charge is 2.36. The van der Waals surface area contributed by atoms with E-state index in [2.05, 4.69) is 10.3 Å². The van der Waals surface area contributed by atoms with E-state index in [1.807, 2.05) is 0 Å². The number of nitrogens with two attached hydrogens (primary N) is 1. The van der Waals surface area contributed by atoms with Crippen molar-refractivity contribution in [2.24, 2.45) is 5.73 Å². The first-order valence-corrected chi connectivity index (χ1v) is 8.47. The second kappa shape index (κ2) is 8.36. The van der Waals surface area contributed by atoms with Crippen LogP contribution in [0.2, 0.25) is 0 Å². The van der Waals surface area contributed by atoms with Crippen LogP contribution < -0.4 is 15.8 Å². The van der Waals surface area contributed by atoms with E-state index in [0.29, 0.717) is 0 Å². The molecule has 3 N–H and O–H groups in total. The average molecular weight is 423 g/mol. The summed E-state index contributed by atoms with van der Waals surface area (Å²) in [6.07, 6.45) is -3.75. The number of halogens is 5. The van der Waals surface area contributed by atoms with Crippen molar-refractivity contribution in [2.45, 2.75) is 12.7 Å². The van der Waals surface area contributed by atoms with Crippen LogP contribution in [-0.2, 0) is 12.7 Å². The van der Waals surface area contributed by atoms with Crippen molar-refractivity contribution in [1.82, 2.24) is 4.98 Å². The molecule has 0 radical (unpaired) electrons. The van der Waals surface area contributed by atoms with Crippen molar-refractivity contribution in [1.29, 1.82) is 0 Å². The number of ether oxygens (including phenoxy) is 1. The molecule has 0 aliphatic rings. The summed E-state index contributed by atoms with van der Waals surface area (Å²) in [6, 6.07) is 9.20. The van der Waals surface area contributed by atoms with Gasteiger partial charge in [-0.05, 0) is 36.4 Å². The number of hydrogen-bond donors (Lipinski definition) is 2. The number of nitrogens with one attached hydrogen (secondary N) is 1. The third-order valence-corrected chi connectivity index (χ3v) is 4.01. The van der Waals surface area contributed by atoms with Gasteiger partial charge in [-0.15, -0.1) is 0 Å². The minimum Gasteiger partial charge on any atom is -0.455 e. The van der Waals surface area contributed by atoms with Gasteiger partial charge >= 0.3 is 6.18 Å². The summed E-state index contributed by atoms with van der Waals surface area (Å²) in [5, 5.41) is 2.79. The van der Waals surface area contributed by atoms with Gasteiger partial charge in [-0.25, -0.2) is 13.8 Å². The fourth-order valence-corrected chi connectivity index (χ4v) is 2.61. The molecule has 0 aliphatic carbocycles. The van der Waals surface area contributed by atoms with Gasteiger partial charge in [-0.1, -0.05) is 6.07 Å². The highest BCUT2D eigenvalue weighted by Crippen LogP contribution is 2.37. The van der Waals surface area contributed by atoms with Crippen molar-refractivity contribution in [3.05, 3.63) is 83.2 Å². The van der Waals surface area contributed by atoms with E-state index >= 15 is 0 Å². The lowest BCUT2D eigenvalue weighted by molar-refractivity contribution is -0.142. The van der Waals surface area contributed by atoms with Gasteiger partial charge in [0, 0.05) is 30.1 Å². The number of benzene rings is 2. The zero-order chi connectivity index (χ0) is 21.9. The van der Waals surface area contributed by atoms with Gasteiger partial charge in [-0.2, -0.15) is 13.2 Å². The van der Waals surface area contributed by atoms with Crippen molar-refractivity contribution in [3.8, 4) is 11.5 Å². The summed E-state index contributed by atoms with van der Waals surface area (Å²) in [7, 11) is 0. The molecule has 3 rings (SSSR count). The first-order valence-electron chi connectivity index (χ1n) is 8.47. The Labute approximate surface area is 167 Å². The SMILES string of the molecule is NC(=O)c1cc(Oc2cccnc2C(F)(F)F)ccc1NCc1ccc(F)cc1F. The third-order valence-electron chi connectivity index (χ3n) is 4.01. The van der Waals surface area contributed by atoms with Crippen LogP contribution in [-0.4, -0.2) is 10.9 Å². The van der Waals surface area contributed by atoms with Crippen molar-refractivity contribution < 1.29 is 31.5 Å². The summed E-state index contributed by atoms with van der Waals surface area (Å²) < 4.78 is 71.2. The summed E-state index contributed by atoms with van der Waals surface area (Å²) in [6.45, 7) is -0.0899. The van der Waals surface area contributed by atoms with Gasteiger partial charge in [0.05, 0.1) is 5.56 Å². The molecule has 0 spiro atoms. The molecule has 0 aliphatic heterocycles. The molecule has 0 bridgehead atoms. The quantitative estimate of drug-likeness (QED) is 0.554. The number of amides is 1. The molecule has 1 aromatic heterocycles. The second-order valence-corrected chi connectivity index (χ2v) is 6.11. The molecule has 3 aromatic rings. The Balaban J connectivity index is 1.85. The predicted octanol–water partition coefficient (Wildman–Crippen LogP) is 4.88. The van der Waals surface area contributed by atoms with E-state index in [-0.39, 0.29) is 29.1 Å². The number of carbonyl (C=O) groups excluding carboxylic acids is 1. The fourth-order valence-electron chi connectivity index (χ4n) is 2.61. The highest BCUT2D eigenvalue weighted by atomic mass is 19.4. The zero-order valence-electron chi connectivity index (χ0n) is 15.1. The Morgan fingerprint density at radius 3 is 2.53 bits per heavy atom. The lowest BCUT2D eigenvalue weighted by Crippen LogP contribution is -2.15. The summed E-state index contributed by atoms with van der Waals surface area (Å²) >= 11 is 0. The van der Waals surface area contributed by atoms with Gasteiger partial charge in [0.2, 0.25) is 0 Å². The predicted molar refractivity (Wildman–Crippen MR) is 98.0 cm³/mol. The number of pyridine rings is 1. The molecule has 10 heteroatoms. The number of hydrogen-bond acceptors (Lipinski definition) is 4. The molecule has 5 nitrogen and oxygen atoms in total. The molecule has 156 valence electrons. The topological polar surface area (TPSA) is 77.2 Å². The number of rotatable bonds is 6. The van der Waals surface area contributed by atoms with Crippen LogP contribution in [0.15, 0.2) is 54.7 Å². The van der Waals surface area contributed by atoms with E-state index in [9.17, 15) is 26.7 Å². The molecular weight excluding hydrogens is 409 g/mol. The van der Waals surface area contributed by atoms with Crippen LogP contribution in [0.5, 0.6) is 11.5 Å². The zero-order valence-corrected chi connectivity index (χ0v) is 15.1. The monoisotopic (exact) mass is 423 g/mol. The second-order valence-electron chi connectivity index (χ2n) is 6.11. The minimum atomic E-state index is -4.73. The Bertz CT molecular complexity index is 1090. The molecule has 0 unspecified atom stereocenters. The van der Waals surface area contributed by atoms with Gasteiger partial charge in [-0.3, -0.25) is 4.79 Å².